The molecule has 0 fully saturated rings. The lowest BCUT2D eigenvalue weighted by Crippen LogP contribution is -2.15. The summed E-state index contributed by atoms with van der Waals surface area (Å²) in [5, 5.41) is 2.81. The molecule has 0 unspecified atom stereocenters. The van der Waals surface area contributed by atoms with Crippen LogP contribution in [0.4, 0.5) is 5.69 Å². The number of ether oxygens (including phenoxy) is 1. The minimum absolute atomic E-state index is 0.122. The van der Waals surface area contributed by atoms with E-state index in [1.54, 1.807) is 12.1 Å². The third-order valence-electron chi connectivity index (χ3n) is 3.48. The predicted molar refractivity (Wildman–Crippen MR) is 79.0 cm³/mol. The van der Waals surface area contributed by atoms with E-state index in [2.05, 4.69) is 5.32 Å². The number of hydrogen-bond donors (Lipinski definition) is 1. The summed E-state index contributed by atoms with van der Waals surface area (Å²) in [4.78, 5) is 23.8. The second kappa shape index (κ2) is 5.40. The zero-order valence-electron chi connectivity index (χ0n) is 11.6. The standard InChI is InChI=1S/C17H15NO3/c1-11-6-8-12(9-7-11)18-16(19)10-15-13-4-2-3-5-14(13)17(20)21-15/h2-9,15H,10H2,1H3,(H,18,19)/t15-/m1/s1. The molecule has 1 amide bonds. The summed E-state index contributed by atoms with van der Waals surface area (Å²) >= 11 is 0. The van der Waals surface area contributed by atoms with Crippen molar-refractivity contribution in [2.75, 3.05) is 5.32 Å². The van der Waals surface area contributed by atoms with Gasteiger partial charge in [0.1, 0.15) is 6.10 Å². The van der Waals surface area contributed by atoms with Gasteiger partial charge in [0.15, 0.2) is 0 Å². The van der Waals surface area contributed by atoms with Crippen LogP contribution in [0.3, 0.4) is 0 Å². The molecule has 0 bridgehead atoms. The highest BCUT2D eigenvalue weighted by molar-refractivity contribution is 5.96. The molecule has 0 aliphatic carbocycles. The van der Waals surface area contributed by atoms with E-state index in [9.17, 15) is 9.59 Å². The van der Waals surface area contributed by atoms with Gasteiger partial charge in [-0.05, 0) is 25.1 Å². The summed E-state index contributed by atoms with van der Waals surface area (Å²) in [6.45, 7) is 1.99. The van der Waals surface area contributed by atoms with Crippen LogP contribution in [0.25, 0.3) is 0 Å². The molecule has 0 spiro atoms. The Balaban J connectivity index is 1.69. The van der Waals surface area contributed by atoms with Crippen LogP contribution in [-0.2, 0) is 9.53 Å². The molecule has 0 saturated carbocycles. The number of carbonyl (C=O) groups is 2. The van der Waals surface area contributed by atoms with Gasteiger partial charge in [-0.3, -0.25) is 4.79 Å². The summed E-state index contributed by atoms with van der Waals surface area (Å²) in [6.07, 6.45) is -0.379. The second-order valence-corrected chi connectivity index (χ2v) is 5.10. The Labute approximate surface area is 122 Å². The van der Waals surface area contributed by atoms with Crippen molar-refractivity contribution in [3.05, 3.63) is 65.2 Å². The lowest BCUT2D eigenvalue weighted by atomic mass is 10.0. The van der Waals surface area contributed by atoms with E-state index in [4.69, 9.17) is 4.74 Å². The Kier molecular flexibility index (Phi) is 3.44. The number of fused-ring (bicyclic) bond motifs is 1. The van der Waals surface area contributed by atoms with Crippen LogP contribution >= 0.6 is 0 Å². The van der Waals surface area contributed by atoms with E-state index in [0.29, 0.717) is 5.56 Å². The van der Waals surface area contributed by atoms with Crippen LogP contribution in [-0.4, -0.2) is 11.9 Å². The van der Waals surface area contributed by atoms with Gasteiger partial charge in [0, 0.05) is 11.3 Å². The molecule has 1 N–H and O–H groups in total. The number of aryl methyl sites for hydroxylation is 1. The smallest absolute Gasteiger partial charge is 0.339 e. The number of carbonyl (C=O) groups excluding carboxylic acids is 2. The number of benzene rings is 2. The first-order chi connectivity index (χ1) is 10.1. The first-order valence-electron chi connectivity index (χ1n) is 6.80. The molecule has 0 saturated heterocycles. The zero-order valence-corrected chi connectivity index (χ0v) is 11.6. The first-order valence-corrected chi connectivity index (χ1v) is 6.80. The Bertz CT molecular complexity index is 691. The van der Waals surface area contributed by atoms with Crippen LogP contribution in [0.5, 0.6) is 0 Å². The molecule has 0 radical (unpaired) electrons. The summed E-state index contributed by atoms with van der Waals surface area (Å²) in [7, 11) is 0. The Hall–Kier alpha value is -2.62. The summed E-state index contributed by atoms with van der Waals surface area (Å²) in [5.41, 5.74) is 3.20. The molecule has 1 aliphatic rings. The molecule has 0 aromatic heterocycles. The van der Waals surface area contributed by atoms with Crippen molar-refractivity contribution in [2.45, 2.75) is 19.4 Å². The number of hydrogen-bond acceptors (Lipinski definition) is 3. The summed E-state index contributed by atoms with van der Waals surface area (Å²) in [6, 6.07) is 14.7. The van der Waals surface area contributed by atoms with Gasteiger partial charge in [0.05, 0.1) is 12.0 Å². The minimum Gasteiger partial charge on any atom is -0.453 e. The van der Waals surface area contributed by atoms with E-state index in [0.717, 1.165) is 16.8 Å². The monoisotopic (exact) mass is 281 g/mol. The summed E-state index contributed by atoms with van der Waals surface area (Å²) in [5.74, 6) is -0.535. The predicted octanol–water partition coefficient (Wildman–Crippen LogP) is 3.24. The molecule has 4 nitrogen and oxygen atoms in total. The Morgan fingerprint density at radius 3 is 2.62 bits per heavy atom. The number of esters is 1. The fourth-order valence-corrected chi connectivity index (χ4v) is 2.39. The molecule has 2 aromatic rings. The van der Waals surface area contributed by atoms with Crippen molar-refractivity contribution in [2.24, 2.45) is 0 Å². The number of cyclic esters (lactones) is 1. The Morgan fingerprint density at radius 2 is 1.86 bits per heavy atom. The highest BCUT2D eigenvalue weighted by Gasteiger charge is 2.31. The van der Waals surface area contributed by atoms with E-state index < -0.39 is 6.10 Å². The topological polar surface area (TPSA) is 55.4 Å². The maximum absolute atomic E-state index is 12.1. The van der Waals surface area contributed by atoms with Crippen molar-refractivity contribution in [1.29, 1.82) is 0 Å². The zero-order chi connectivity index (χ0) is 14.8. The van der Waals surface area contributed by atoms with Crippen LogP contribution in [0.15, 0.2) is 48.5 Å². The van der Waals surface area contributed by atoms with Crippen LogP contribution in [0.1, 0.15) is 34.0 Å². The van der Waals surface area contributed by atoms with E-state index >= 15 is 0 Å². The average Bonchev–Trinajstić information content (AvgIpc) is 2.78. The van der Waals surface area contributed by atoms with Crippen molar-refractivity contribution in [1.82, 2.24) is 0 Å². The van der Waals surface area contributed by atoms with E-state index in [1.165, 1.54) is 0 Å². The van der Waals surface area contributed by atoms with Gasteiger partial charge in [0.25, 0.3) is 0 Å². The lowest BCUT2D eigenvalue weighted by Gasteiger charge is -2.11. The number of amides is 1. The molecule has 1 atom stereocenters. The van der Waals surface area contributed by atoms with Crippen LogP contribution < -0.4 is 5.32 Å². The third-order valence-corrected chi connectivity index (χ3v) is 3.48. The van der Waals surface area contributed by atoms with Gasteiger partial charge >= 0.3 is 5.97 Å². The molecular formula is C17H15NO3. The van der Waals surface area contributed by atoms with Gasteiger partial charge in [-0.2, -0.15) is 0 Å². The SMILES string of the molecule is Cc1ccc(NC(=O)C[C@H]2OC(=O)c3ccccc32)cc1. The number of anilines is 1. The minimum atomic E-state index is -0.501. The second-order valence-electron chi connectivity index (χ2n) is 5.10. The van der Waals surface area contributed by atoms with Gasteiger partial charge in [-0.25, -0.2) is 4.79 Å². The highest BCUT2D eigenvalue weighted by atomic mass is 16.5. The molecule has 21 heavy (non-hydrogen) atoms. The molecule has 2 aromatic carbocycles. The largest absolute Gasteiger partial charge is 0.453 e. The molecule has 1 heterocycles. The van der Waals surface area contributed by atoms with Gasteiger partial charge in [0.2, 0.25) is 5.91 Å². The number of nitrogens with one attached hydrogen (secondary N) is 1. The van der Waals surface area contributed by atoms with E-state index in [1.807, 2.05) is 43.3 Å². The third kappa shape index (κ3) is 2.79. The van der Waals surface area contributed by atoms with E-state index in [-0.39, 0.29) is 18.3 Å². The molecule has 4 heteroatoms. The molecular weight excluding hydrogens is 266 g/mol. The first kappa shape index (κ1) is 13.4. The normalized spacial score (nSPS) is 16.2. The van der Waals surface area contributed by atoms with Gasteiger partial charge in [-0.15, -0.1) is 0 Å². The maximum Gasteiger partial charge on any atom is 0.339 e. The fourth-order valence-electron chi connectivity index (χ4n) is 2.39. The maximum atomic E-state index is 12.1. The van der Waals surface area contributed by atoms with Crippen molar-refractivity contribution in [3.63, 3.8) is 0 Å². The quantitative estimate of drug-likeness (QED) is 0.879. The average molecular weight is 281 g/mol. The fraction of sp³-hybridized carbons (Fsp3) is 0.176. The molecule has 3 rings (SSSR count). The number of rotatable bonds is 3. The van der Waals surface area contributed by atoms with Crippen molar-refractivity contribution in [3.8, 4) is 0 Å². The van der Waals surface area contributed by atoms with Crippen molar-refractivity contribution < 1.29 is 14.3 Å². The Morgan fingerprint density at radius 1 is 1.14 bits per heavy atom. The molecule has 106 valence electrons. The highest BCUT2D eigenvalue weighted by Crippen LogP contribution is 2.32. The molecule has 1 aliphatic heterocycles. The van der Waals surface area contributed by atoms with Crippen LogP contribution in [0, 0.1) is 6.92 Å². The van der Waals surface area contributed by atoms with Gasteiger partial charge in [-0.1, -0.05) is 35.9 Å². The van der Waals surface area contributed by atoms with Crippen molar-refractivity contribution >= 4 is 17.6 Å². The summed E-state index contributed by atoms with van der Waals surface area (Å²) < 4.78 is 5.26. The van der Waals surface area contributed by atoms with Crippen LogP contribution in [0.2, 0.25) is 0 Å². The van der Waals surface area contributed by atoms with Gasteiger partial charge < -0.3 is 10.1 Å². The lowest BCUT2D eigenvalue weighted by molar-refractivity contribution is -0.118.